The molecule has 5 rings (SSSR count). The number of anilines is 1. The van der Waals surface area contributed by atoms with Gasteiger partial charge in [0.05, 0.1) is 5.69 Å². The lowest BCUT2D eigenvalue weighted by Gasteiger charge is -2.33. The zero-order chi connectivity index (χ0) is 25.2. The lowest BCUT2D eigenvalue weighted by Crippen LogP contribution is -2.53. The summed E-state index contributed by atoms with van der Waals surface area (Å²) in [6.07, 6.45) is 4.63. The summed E-state index contributed by atoms with van der Waals surface area (Å²) in [5, 5.41) is 5.60. The SMILES string of the molecule is CC[C@H](C(=O)NC1CCCC1)N(Cc1ccc(Cl)cc1)C(=O)CN1C(=O)c2cccc3cccc1c23. The van der Waals surface area contributed by atoms with E-state index in [2.05, 4.69) is 5.32 Å². The van der Waals surface area contributed by atoms with Gasteiger partial charge in [0.25, 0.3) is 5.91 Å². The van der Waals surface area contributed by atoms with Gasteiger partial charge < -0.3 is 10.2 Å². The predicted octanol–water partition coefficient (Wildman–Crippen LogP) is 5.32. The molecule has 1 aliphatic carbocycles. The van der Waals surface area contributed by atoms with Gasteiger partial charge >= 0.3 is 0 Å². The number of amides is 3. The third-order valence-electron chi connectivity index (χ3n) is 7.30. The molecule has 1 N–H and O–H groups in total. The van der Waals surface area contributed by atoms with Crippen LogP contribution in [0.5, 0.6) is 0 Å². The summed E-state index contributed by atoms with van der Waals surface area (Å²) < 4.78 is 0. The van der Waals surface area contributed by atoms with Crippen LogP contribution in [-0.4, -0.2) is 41.2 Å². The monoisotopic (exact) mass is 503 g/mol. The van der Waals surface area contributed by atoms with E-state index in [0.717, 1.165) is 47.7 Å². The van der Waals surface area contributed by atoms with Crippen LogP contribution in [0.25, 0.3) is 10.8 Å². The fourth-order valence-corrected chi connectivity index (χ4v) is 5.56. The Hall–Kier alpha value is -3.38. The minimum atomic E-state index is -0.635. The summed E-state index contributed by atoms with van der Waals surface area (Å²) in [6.45, 7) is 2.04. The first-order valence-electron chi connectivity index (χ1n) is 12.6. The highest BCUT2D eigenvalue weighted by Crippen LogP contribution is 2.37. The van der Waals surface area contributed by atoms with Gasteiger partial charge in [-0.15, -0.1) is 0 Å². The van der Waals surface area contributed by atoms with Gasteiger partial charge in [-0.1, -0.05) is 67.8 Å². The summed E-state index contributed by atoms with van der Waals surface area (Å²) in [5.41, 5.74) is 2.21. The van der Waals surface area contributed by atoms with E-state index in [1.807, 2.05) is 49.4 Å². The Morgan fingerprint density at radius 1 is 1.06 bits per heavy atom. The van der Waals surface area contributed by atoms with Gasteiger partial charge in [-0.25, -0.2) is 0 Å². The largest absolute Gasteiger partial charge is 0.352 e. The molecule has 0 spiro atoms. The maximum Gasteiger partial charge on any atom is 0.259 e. The first-order valence-corrected chi connectivity index (χ1v) is 13.0. The second-order valence-electron chi connectivity index (χ2n) is 9.63. The van der Waals surface area contributed by atoms with E-state index < -0.39 is 6.04 Å². The highest BCUT2D eigenvalue weighted by Gasteiger charge is 2.35. The van der Waals surface area contributed by atoms with Gasteiger partial charge in [-0.3, -0.25) is 19.3 Å². The van der Waals surface area contributed by atoms with Gasteiger partial charge in [0.1, 0.15) is 12.6 Å². The van der Waals surface area contributed by atoms with Crippen molar-refractivity contribution in [2.45, 2.75) is 57.7 Å². The van der Waals surface area contributed by atoms with Crippen LogP contribution in [0, 0.1) is 0 Å². The number of nitrogens with zero attached hydrogens (tertiary/aromatic N) is 2. The molecule has 0 bridgehead atoms. The Morgan fingerprint density at radius 2 is 1.75 bits per heavy atom. The summed E-state index contributed by atoms with van der Waals surface area (Å²) in [4.78, 5) is 43.7. The van der Waals surface area contributed by atoms with E-state index >= 15 is 0 Å². The molecule has 0 aromatic heterocycles. The van der Waals surface area contributed by atoms with Crippen molar-refractivity contribution in [3.05, 3.63) is 76.8 Å². The smallest absolute Gasteiger partial charge is 0.259 e. The molecule has 6 nitrogen and oxygen atoms in total. The van der Waals surface area contributed by atoms with Gasteiger partial charge in [0.2, 0.25) is 11.8 Å². The highest BCUT2D eigenvalue weighted by molar-refractivity contribution is 6.30. The number of hydrogen-bond acceptors (Lipinski definition) is 3. The Morgan fingerprint density at radius 3 is 2.44 bits per heavy atom. The molecule has 2 aliphatic rings. The Kier molecular flexibility index (Phi) is 6.97. The third-order valence-corrected chi connectivity index (χ3v) is 7.55. The number of benzene rings is 3. The predicted molar refractivity (Wildman–Crippen MR) is 142 cm³/mol. The van der Waals surface area contributed by atoms with Crippen molar-refractivity contribution >= 4 is 45.8 Å². The number of nitrogens with one attached hydrogen (secondary N) is 1. The van der Waals surface area contributed by atoms with Crippen molar-refractivity contribution in [1.29, 1.82) is 0 Å². The average Bonchev–Trinajstić information content (AvgIpc) is 3.49. The van der Waals surface area contributed by atoms with Crippen LogP contribution in [0.2, 0.25) is 5.02 Å². The Bertz CT molecular complexity index is 1300. The molecule has 3 aromatic carbocycles. The van der Waals surface area contributed by atoms with Crippen LogP contribution < -0.4 is 10.2 Å². The molecule has 3 aromatic rings. The molecule has 0 unspecified atom stereocenters. The van der Waals surface area contributed by atoms with Crippen molar-refractivity contribution in [3.63, 3.8) is 0 Å². The minimum Gasteiger partial charge on any atom is -0.352 e. The molecule has 7 heteroatoms. The number of halogens is 1. The van der Waals surface area contributed by atoms with E-state index in [4.69, 9.17) is 11.6 Å². The molecule has 0 saturated heterocycles. The fourth-order valence-electron chi connectivity index (χ4n) is 5.44. The molecule has 0 radical (unpaired) electrons. The van der Waals surface area contributed by atoms with Crippen LogP contribution in [-0.2, 0) is 16.1 Å². The summed E-state index contributed by atoms with van der Waals surface area (Å²) in [5.74, 6) is -0.591. The zero-order valence-electron chi connectivity index (χ0n) is 20.4. The number of carbonyl (C=O) groups is 3. The molecule has 186 valence electrons. The van der Waals surface area contributed by atoms with Crippen LogP contribution in [0.4, 0.5) is 5.69 Å². The third kappa shape index (κ3) is 4.70. The van der Waals surface area contributed by atoms with E-state index in [1.165, 1.54) is 4.90 Å². The molecule has 36 heavy (non-hydrogen) atoms. The second-order valence-corrected chi connectivity index (χ2v) is 10.1. The van der Waals surface area contributed by atoms with Crippen LogP contribution in [0.15, 0.2) is 60.7 Å². The van der Waals surface area contributed by atoms with E-state index in [9.17, 15) is 14.4 Å². The quantitative estimate of drug-likeness (QED) is 0.452. The summed E-state index contributed by atoms with van der Waals surface area (Å²) >= 11 is 6.07. The Balaban J connectivity index is 1.43. The maximum absolute atomic E-state index is 13.9. The summed E-state index contributed by atoms with van der Waals surface area (Å²) in [7, 11) is 0. The number of carbonyl (C=O) groups excluding carboxylic acids is 3. The van der Waals surface area contributed by atoms with Crippen LogP contribution in [0.1, 0.15) is 54.9 Å². The standard InChI is InChI=1S/C29H30ClN3O3/c1-2-24(28(35)31-22-9-3-4-10-22)32(17-19-13-15-21(30)16-14-19)26(34)18-33-25-12-6-8-20-7-5-11-23(27(20)25)29(33)36/h5-8,11-16,22,24H,2-4,9-10,17-18H2,1H3,(H,31,35)/t24-/m1/s1. The second kappa shape index (κ2) is 10.3. The lowest BCUT2D eigenvalue weighted by molar-refractivity contribution is -0.140. The van der Waals surface area contributed by atoms with Crippen LogP contribution in [0.3, 0.4) is 0 Å². The van der Waals surface area contributed by atoms with E-state index in [0.29, 0.717) is 17.0 Å². The normalized spacial score (nSPS) is 15.9. The minimum absolute atomic E-state index is 0.132. The Labute approximate surface area is 216 Å². The van der Waals surface area contributed by atoms with Crippen molar-refractivity contribution in [3.8, 4) is 0 Å². The van der Waals surface area contributed by atoms with Gasteiger partial charge in [0, 0.05) is 28.6 Å². The average molecular weight is 504 g/mol. The lowest BCUT2D eigenvalue weighted by atomic mass is 10.1. The number of hydrogen-bond donors (Lipinski definition) is 1. The topological polar surface area (TPSA) is 69.7 Å². The molecule has 1 atom stereocenters. The zero-order valence-corrected chi connectivity index (χ0v) is 21.1. The molecular weight excluding hydrogens is 474 g/mol. The van der Waals surface area contributed by atoms with Crippen molar-refractivity contribution in [2.24, 2.45) is 0 Å². The van der Waals surface area contributed by atoms with Gasteiger partial charge in [0.15, 0.2) is 0 Å². The molecule has 1 heterocycles. The highest BCUT2D eigenvalue weighted by atomic mass is 35.5. The van der Waals surface area contributed by atoms with Crippen LogP contribution >= 0.6 is 11.6 Å². The summed E-state index contributed by atoms with van der Waals surface area (Å²) in [6, 6.07) is 18.2. The van der Waals surface area contributed by atoms with Crippen molar-refractivity contribution in [2.75, 3.05) is 11.4 Å². The molecule has 1 aliphatic heterocycles. The fraction of sp³-hybridized carbons (Fsp3) is 0.345. The van der Waals surface area contributed by atoms with Crippen molar-refractivity contribution in [1.82, 2.24) is 10.2 Å². The molecular formula is C29H30ClN3O3. The maximum atomic E-state index is 13.9. The molecule has 1 saturated carbocycles. The molecule has 3 amide bonds. The first-order chi connectivity index (χ1) is 17.5. The van der Waals surface area contributed by atoms with E-state index in [1.54, 1.807) is 23.1 Å². The van der Waals surface area contributed by atoms with Gasteiger partial charge in [-0.05, 0) is 54.5 Å². The van der Waals surface area contributed by atoms with Gasteiger partial charge in [-0.2, -0.15) is 0 Å². The number of rotatable bonds is 8. The van der Waals surface area contributed by atoms with Crippen molar-refractivity contribution < 1.29 is 14.4 Å². The first kappa shape index (κ1) is 24.3. The van der Waals surface area contributed by atoms with E-state index in [-0.39, 0.29) is 36.9 Å². The molecule has 1 fully saturated rings.